The molecular weight excluding hydrogens is 267 g/mol. The van der Waals surface area contributed by atoms with Crippen LogP contribution in [0, 0.1) is 0 Å². The van der Waals surface area contributed by atoms with Crippen molar-refractivity contribution in [3.8, 4) is 0 Å². The SMILES string of the molecule is FC(F)(F)c1ccc(SCCCCCS)nc1. The summed E-state index contributed by atoms with van der Waals surface area (Å²) in [4.78, 5) is 3.79. The molecule has 0 spiro atoms. The number of hydrogen-bond donors (Lipinski definition) is 1. The molecule has 17 heavy (non-hydrogen) atoms. The van der Waals surface area contributed by atoms with Gasteiger partial charge in [-0.25, -0.2) is 4.98 Å². The second-order valence-electron chi connectivity index (χ2n) is 3.52. The molecule has 0 bridgehead atoms. The zero-order chi connectivity index (χ0) is 12.7. The van der Waals surface area contributed by atoms with Crippen molar-refractivity contribution in [1.29, 1.82) is 0 Å². The first-order valence-electron chi connectivity index (χ1n) is 5.31. The molecule has 0 amide bonds. The van der Waals surface area contributed by atoms with Gasteiger partial charge in [0.25, 0.3) is 0 Å². The monoisotopic (exact) mass is 281 g/mol. The van der Waals surface area contributed by atoms with Gasteiger partial charge in [0, 0.05) is 6.20 Å². The molecular formula is C11H14F3NS2. The molecule has 0 aliphatic heterocycles. The second kappa shape index (κ2) is 7.16. The van der Waals surface area contributed by atoms with Gasteiger partial charge in [-0.15, -0.1) is 11.8 Å². The lowest BCUT2D eigenvalue weighted by Crippen LogP contribution is -2.05. The topological polar surface area (TPSA) is 12.9 Å². The highest BCUT2D eigenvalue weighted by atomic mass is 32.2. The van der Waals surface area contributed by atoms with Gasteiger partial charge >= 0.3 is 6.18 Å². The molecule has 0 aliphatic rings. The quantitative estimate of drug-likeness (QED) is 0.474. The van der Waals surface area contributed by atoms with Gasteiger partial charge in [-0.3, -0.25) is 0 Å². The summed E-state index contributed by atoms with van der Waals surface area (Å²) < 4.78 is 36.8. The Labute approximate surface area is 109 Å². The number of alkyl halides is 3. The van der Waals surface area contributed by atoms with Crippen LogP contribution in [0.5, 0.6) is 0 Å². The van der Waals surface area contributed by atoms with Gasteiger partial charge in [-0.2, -0.15) is 25.8 Å². The lowest BCUT2D eigenvalue weighted by molar-refractivity contribution is -0.137. The third-order valence-electron chi connectivity index (χ3n) is 2.12. The summed E-state index contributed by atoms with van der Waals surface area (Å²) in [6.07, 6.45) is -0.214. The fourth-order valence-corrected chi connectivity index (χ4v) is 2.27. The molecule has 1 rings (SSSR count). The zero-order valence-electron chi connectivity index (χ0n) is 9.20. The normalized spacial score (nSPS) is 11.8. The fraction of sp³-hybridized carbons (Fsp3) is 0.545. The number of halogens is 3. The van der Waals surface area contributed by atoms with Crippen molar-refractivity contribution in [3.63, 3.8) is 0 Å². The van der Waals surface area contributed by atoms with E-state index < -0.39 is 11.7 Å². The van der Waals surface area contributed by atoms with E-state index in [0.29, 0.717) is 5.03 Å². The molecule has 0 N–H and O–H groups in total. The van der Waals surface area contributed by atoms with Gasteiger partial charge in [-0.05, 0) is 36.5 Å². The number of nitrogens with zero attached hydrogens (tertiary/aromatic N) is 1. The number of unbranched alkanes of at least 4 members (excludes halogenated alkanes) is 2. The summed E-state index contributed by atoms with van der Waals surface area (Å²) >= 11 is 5.59. The van der Waals surface area contributed by atoms with Gasteiger partial charge < -0.3 is 0 Å². The van der Waals surface area contributed by atoms with Crippen molar-refractivity contribution in [2.24, 2.45) is 0 Å². The van der Waals surface area contributed by atoms with Gasteiger partial charge in [0.15, 0.2) is 0 Å². The Bertz CT molecular complexity index is 324. The van der Waals surface area contributed by atoms with Crippen molar-refractivity contribution >= 4 is 24.4 Å². The van der Waals surface area contributed by atoms with E-state index in [2.05, 4.69) is 17.6 Å². The summed E-state index contributed by atoms with van der Waals surface area (Å²) in [6.45, 7) is 0. The van der Waals surface area contributed by atoms with Crippen LogP contribution in [0.2, 0.25) is 0 Å². The maximum Gasteiger partial charge on any atom is 0.417 e. The van der Waals surface area contributed by atoms with Crippen LogP contribution in [-0.4, -0.2) is 16.5 Å². The Morgan fingerprint density at radius 3 is 2.47 bits per heavy atom. The van der Waals surface area contributed by atoms with E-state index >= 15 is 0 Å². The third kappa shape index (κ3) is 5.68. The highest BCUT2D eigenvalue weighted by Crippen LogP contribution is 2.29. The number of thiol groups is 1. The summed E-state index contributed by atoms with van der Waals surface area (Å²) in [5.74, 6) is 1.76. The average molecular weight is 281 g/mol. The molecule has 0 atom stereocenters. The molecule has 96 valence electrons. The van der Waals surface area contributed by atoms with Crippen LogP contribution in [0.3, 0.4) is 0 Å². The lowest BCUT2D eigenvalue weighted by atomic mass is 10.3. The van der Waals surface area contributed by atoms with Gasteiger partial charge in [0.2, 0.25) is 0 Å². The predicted molar refractivity (Wildman–Crippen MR) is 67.7 cm³/mol. The van der Waals surface area contributed by atoms with Crippen molar-refractivity contribution in [3.05, 3.63) is 23.9 Å². The molecule has 6 heteroatoms. The molecule has 1 aromatic rings. The molecule has 0 radical (unpaired) electrons. The Balaban J connectivity index is 2.36. The van der Waals surface area contributed by atoms with E-state index in [9.17, 15) is 13.2 Å². The minimum Gasteiger partial charge on any atom is -0.249 e. The van der Waals surface area contributed by atoms with Crippen LogP contribution in [0.4, 0.5) is 13.2 Å². The number of pyridine rings is 1. The van der Waals surface area contributed by atoms with Crippen molar-refractivity contribution < 1.29 is 13.2 Å². The Kier molecular flexibility index (Phi) is 6.19. The number of rotatable bonds is 6. The molecule has 1 nitrogen and oxygen atoms in total. The zero-order valence-corrected chi connectivity index (χ0v) is 10.9. The molecule has 0 fully saturated rings. The summed E-state index contributed by atoms with van der Waals surface area (Å²) in [5.41, 5.74) is -0.697. The van der Waals surface area contributed by atoms with E-state index in [0.717, 1.165) is 43.0 Å². The number of hydrogen-bond acceptors (Lipinski definition) is 3. The van der Waals surface area contributed by atoms with E-state index in [1.807, 2.05) is 0 Å². The van der Waals surface area contributed by atoms with E-state index in [-0.39, 0.29) is 0 Å². The molecule has 0 aromatic carbocycles. The van der Waals surface area contributed by atoms with Crippen molar-refractivity contribution in [2.45, 2.75) is 30.5 Å². The minimum absolute atomic E-state index is 0.642. The smallest absolute Gasteiger partial charge is 0.249 e. The largest absolute Gasteiger partial charge is 0.417 e. The highest BCUT2D eigenvalue weighted by molar-refractivity contribution is 7.99. The van der Waals surface area contributed by atoms with E-state index in [4.69, 9.17) is 0 Å². The molecule has 1 aromatic heterocycles. The third-order valence-corrected chi connectivity index (χ3v) is 3.46. The minimum atomic E-state index is -4.30. The van der Waals surface area contributed by atoms with E-state index in [1.54, 1.807) is 0 Å². The van der Waals surface area contributed by atoms with Crippen LogP contribution in [0.15, 0.2) is 23.4 Å². The first kappa shape index (κ1) is 14.7. The van der Waals surface area contributed by atoms with Crippen LogP contribution in [0.1, 0.15) is 24.8 Å². The van der Waals surface area contributed by atoms with Gasteiger partial charge in [-0.1, -0.05) is 6.42 Å². The maximum atomic E-state index is 12.3. The summed E-state index contributed by atoms with van der Waals surface area (Å²) in [6, 6.07) is 2.50. The number of thioether (sulfide) groups is 1. The van der Waals surface area contributed by atoms with E-state index in [1.165, 1.54) is 17.8 Å². The first-order chi connectivity index (χ1) is 8.04. The van der Waals surface area contributed by atoms with Crippen molar-refractivity contribution in [2.75, 3.05) is 11.5 Å². The van der Waals surface area contributed by atoms with Crippen LogP contribution >= 0.6 is 24.4 Å². The van der Waals surface area contributed by atoms with Crippen molar-refractivity contribution in [1.82, 2.24) is 4.98 Å². The van der Waals surface area contributed by atoms with Gasteiger partial charge in [0.1, 0.15) is 0 Å². The fourth-order valence-electron chi connectivity index (χ4n) is 1.20. The van der Waals surface area contributed by atoms with Gasteiger partial charge in [0.05, 0.1) is 10.6 Å². The lowest BCUT2D eigenvalue weighted by Gasteiger charge is -2.06. The summed E-state index contributed by atoms with van der Waals surface area (Å²) in [5, 5.41) is 0.642. The molecule has 1 heterocycles. The van der Waals surface area contributed by atoms with Crippen LogP contribution in [-0.2, 0) is 6.18 Å². The Morgan fingerprint density at radius 2 is 1.94 bits per heavy atom. The molecule has 0 aliphatic carbocycles. The molecule has 0 saturated carbocycles. The molecule has 0 saturated heterocycles. The predicted octanol–water partition coefficient (Wildman–Crippen LogP) is 4.29. The Morgan fingerprint density at radius 1 is 1.18 bits per heavy atom. The first-order valence-corrected chi connectivity index (χ1v) is 6.93. The standard InChI is InChI=1S/C11H14F3NS2/c12-11(13,14)9-4-5-10(15-8-9)17-7-3-1-2-6-16/h4-5,8,16H,1-3,6-7H2. The van der Waals surface area contributed by atoms with Crippen LogP contribution in [0.25, 0.3) is 0 Å². The Hall–Kier alpha value is -0.360. The average Bonchev–Trinajstić information content (AvgIpc) is 2.28. The maximum absolute atomic E-state index is 12.3. The second-order valence-corrected chi connectivity index (χ2v) is 5.08. The van der Waals surface area contributed by atoms with Crippen LogP contribution < -0.4 is 0 Å². The number of aromatic nitrogens is 1. The summed E-state index contributed by atoms with van der Waals surface area (Å²) in [7, 11) is 0. The molecule has 0 unspecified atom stereocenters. The highest BCUT2D eigenvalue weighted by Gasteiger charge is 2.30.